The van der Waals surface area contributed by atoms with E-state index in [9.17, 15) is 0 Å². The second-order valence-corrected chi connectivity index (χ2v) is 5.66. The molecule has 114 valence electrons. The summed E-state index contributed by atoms with van der Waals surface area (Å²) in [6.45, 7) is 4.28. The smallest absolute Gasteiger partial charge is 0.158 e. The summed E-state index contributed by atoms with van der Waals surface area (Å²) in [5.41, 5.74) is 1.29. The molecule has 21 heavy (non-hydrogen) atoms. The highest BCUT2D eigenvalue weighted by molar-refractivity contribution is 7.07. The Morgan fingerprint density at radius 3 is 2.90 bits per heavy atom. The second-order valence-electron chi connectivity index (χ2n) is 4.88. The third-order valence-electron chi connectivity index (χ3n) is 2.98. The molecule has 0 aliphatic rings. The van der Waals surface area contributed by atoms with Crippen LogP contribution >= 0.6 is 11.3 Å². The van der Waals surface area contributed by atoms with Crippen LogP contribution in [0.15, 0.2) is 22.9 Å². The molecule has 0 aromatic carbocycles. The first-order chi connectivity index (χ1) is 10.2. The van der Waals surface area contributed by atoms with Crippen molar-refractivity contribution in [3.8, 4) is 0 Å². The molecular formula is C15H22N4OS. The van der Waals surface area contributed by atoms with Gasteiger partial charge >= 0.3 is 0 Å². The van der Waals surface area contributed by atoms with Crippen molar-refractivity contribution in [2.45, 2.75) is 26.5 Å². The van der Waals surface area contributed by atoms with Gasteiger partial charge in [0, 0.05) is 33.3 Å². The molecule has 5 nitrogen and oxygen atoms in total. The van der Waals surface area contributed by atoms with Crippen LogP contribution in [-0.4, -0.2) is 30.7 Å². The molecule has 1 N–H and O–H groups in total. The van der Waals surface area contributed by atoms with Crippen molar-refractivity contribution in [3.05, 3.63) is 34.3 Å². The monoisotopic (exact) mass is 306 g/mol. The van der Waals surface area contributed by atoms with E-state index in [1.807, 2.05) is 13.1 Å². The molecule has 0 atom stereocenters. The lowest BCUT2D eigenvalue weighted by Gasteiger charge is -2.19. The number of thiophene rings is 1. The molecule has 6 heteroatoms. The summed E-state index contributed by atoms with van der Waals surface area (Å²) < 4.78 is 5.16. The number of methoxy groups -OCH3 is 1. The van der Waals surface area contributed by atoms with Gasteiger partial charge in [-0.2, -0.15) is 11.3 Å². The maximum atomic E-state index is 5.16. The van der Waals surface area contributed by atoms with Crippen molar-refractivity contribution in [3.63, 3.8) is 0 Å². The first-order valence-corrected chi connectivity index (χ1v) is 8.00. The quantitative estimate of drug-likeness (QED) is 0.812. The van der Waals surface area contributed by atoms with Crippen LogP contribution in [0.5, 0.6) is 0 Å². The zero-order valence-electron chi connectivity index (χ0n) is 12.8. The molecule has 0 aliphatic heterocycles. The molecule has 2 aromatic rings. The summed E-state index contributed by atoms with van der Waals surface area (Å²) in [4.78, 5) is 11.2. The maximum absolute atomic E-state index is 5.16. The Morgan fingerprint density at radius 2 is 2.24 bits per heavy atom. The minimum absolute atomic E-state index is 0.418. The van der Waals surface area contributed by atoms with Crippen molar-refractivity contribution in [2.75, 3.05) is 30.9 Å². The van der Waals surface area contributed by atoms with Gasteiger partial charge in [0.25, 0.3) is 0 Å². The van der Waals surface area contributed by atoms with Crippen molar-refractivity contribution in [1.29, 1.82) is 0 Å². The summed E-state index contributed by atoms with van der Waals surface area (Å²) in [5, 5.41) is 7.56. The Labute approximate surface area is 130 Å². The number of rotatable bonds is 8. The van der Waals surface area contributed by atoms with E-state index in [1.165, 1.54) is 5.56 Å². The number of aromatic nitrogens is 2. The largest absolute Gasteiger partial charge is 0.377 e. The molecule has 2 aromatic heterocycles. The van der Waals surface area contributed by atoms with Crippen LogP contribution in [-0.2, 0) is 17.9 Å². The molecule has 0 saturated heterocycles. The fourth-order valence-corrected chi connectivity index (χ4v) is 2.61. The lowest BCUT2D eigenvalue weighted by Crippen LogP contribution is -2.19. The van der Waals surface area contributed by atoms with Crippen LogP contribution in [0.4, 0.5) is 11.6 Å². The first kappa shape index (κ1) is 15.7. The van der Waals surface area contributed by atoms with Crippen LogP contribution in [0.25, 0.3) is 0 Å². The number of ether oxygens (including phenoxy) is 1. The van der Waals surface area contributed by atoms with Gasteiger partial charge in [0.2, 0.25) is 0 Å². The van der Waals surface area contributed by atoms with E-state index < -0.39 is 0 Å². The fourth-order valence-electron chi connectivity index (χ4n) is 1.95. The summed E-state index contributed by atoms with van der Waals surface area (Å²) in [6.07, 6.45) is 1.06. The number of hydrogen-bond donors (Lipinski definition) is 1. The molecule has 0 bridgehead atoms. The van der Waals surface area contributed by atoms with Crippen LogP contribution < -0.4 is 10.2 Å². The lowest BCUT2D eigenvalue weighted by molar-refractivity contribution is 0.178. The average molecular weight is 306 g/mol. The summed E-state index contributed by atoms with van der Waals surface area (Å²) in [7, 11) is 3.70. The number of nitrogens with one attached hydrogen (secondary N) is 1. The third-order valence-corrected chi connectivity index (χ3v) is 3.71. The Morgan fingerprint density at radius 1 is 1.38 bits per heavy atom. The molecule has 0 saturated carbocycles. The van der Waals surface area contributed by atoms with E-state index in [0.717, 1.165) is 31.1 Å². The molecule has 2 rings (SSSR count). The molecule has 0 aliphatic carbocycles. The molecule has 2 heterocycles. The highest BCUT2D eigenvalue weighted by Crippen LogP contribution is 2.18. The molecule has 0 unspecified atom stereocenters. The Bertz CT molecular complexity index is 545. The van der Waals surface area contributed by atoms with E-state index in [4.69, 9.17) is 4.74 Å². The Hall–Kier alpha value is -1.66. The van der Waals surface area contributed by atoms with Gasteiger partial charge < -0.3 is 15.0 Å². The van der Waals surface area contributed by atoms with E-state index in [-0.39, 0.29) is 0 Å². The second kappa shape index (κ2) is 7.95. The van der Waals surface area contributed by atoms with Crippen molar-refractivity contribution >= 4 is 23.0 Å². The molecule has 0 amide bonds. The summed E-state index contributed by atoms with van der Waals surface area (Å²) in [6, 6.07) is 4.12. The van der Waals surface area contributed by atoms with Gasteiger partial charge in [-0.15, -0.1) is 0 Å². The van der Waals surface area contributed by atoms with Gasteiger partial charge in [-0.3, -0.25) is 0 Å². The van der Waals surface area contributed by atoms with E-state index in [1.54, 1.807) is 18.4 Å². The van der Waals surface area contributed by atoms with Crippen molar-refractivity contribution < 1.29 is 4.74 Å². The van der Waals surface area contributed by atoms with E-state index in [0.29, 0.717) is 12.4 Å². The van der Waals surface area contributed by atoms with Gasteiger partial charge in [-0.25, -0.2) is 9.97 Å². The van der Waals surface area contributed by atoms with Crippen LogP contribution in [0.1, 0.15) is 24.7 Å². The van der Waals surface area contributed by atoms with Crippen LogP contribution in [0.3, 0.4) is 0 Å². The highest BCUT2D eigenvalue weighted by Gasteiger charge is 2.09. The molecule has 0 spiro atoms. The number of nitrogens with zero attached hydrogens (tertiary/aromatic N) is 3. The summed E-state index contributed by atoms with van der Waals surface area (Å²) >= 11 is 1.71. The molecular weight excluding hydrogens is 284 g/mol. The Balaban J connectivity index is 2.17. The topological polar surface area (TPSA) is 50.3 Å². The normalized spacial score (nSPS) is 10.6. The minimum Gasteiger partial charge on any atom is -0.377 e. The van der Waals surface area contributed by atoms with Gasteiger partial charge in [0.1, 0.15) is 18.2 Å². The van der Waals surface area contributed by atoms with Crippen LogP contribution in [0, 0.1) is 0 Å². The van der Waals surface area contributed by atoms with Gasteiger partial charge in [-0.1, -0.05) is 6.92 Å². The van der Waals surface area contributed by atoms with Crippen molar-refractivity contribution in [1.82, 2.24) is 9.97 Å². The van der Waals surface area contributed by atoms with Crippen molar-refractivity contribution in [2.24, 2.45) is 0 Å². The fraction of sp³-hybridized carbons (Fsp3) is 0.467. The van der Waals surface area contributed by atoms with Gasteiger partial charge in [0.05, 0.1) is 0 Å². The maximum Gasteiger partial charge on any atom is 0.158 e. The predicted molar refractivity (Wildman–Crippen MR) is 88.0 cm³/mol. The standard InChI is InChI=1S/C15H22N4OS/c1-4-6-16-13-8-15(18-14(17-13)10-20-3)19(2)9-12-5-7-21-11-12/h5,7-8,11H,4,6,9-10H2,1-3H3,(H,16,17,18). The van der Waals surface area contributed by atoms with Crippen LogP contribution in [0.2, 0.25) is 0 Å². The zero-order chi connectivity index (χ0) is 15.1. The molecule has 0 fully saturated rings. The first-order valence-electron chi connectivity index (χ1n) is 7.06. The third kappa shape index (κ3) is 4.68. The molecule has 0 radical (unpaired) electrons. The number of hydrogen-bond acceptors (Lipinski definition) is 6. The highest BCUT2D eigenvalue weighted by atomic mass is 32.1. The minimum atomic E-state index is 0.418. The van der Waals surface area contributed by atoms with Gasteiger partial charge in [0.15, 0.2) is 5.82 Å². The lowest BCUT2D eigenvalue weighted by atomic mass is 10.3. The van der Waals surface area contributed by atoms with Gasteiger partial charge in [-0.05, 0) is 28.8 Å². The Kier molecular flexibility index (Phi) is 5.95. The SMILES string of the molecule is CCCNc1cc(N(C)Cc2ccsc2)nc(COC)n1. The zero-order valence-corrected chi connectivity index (χ0v) is 13.6. The predicted octanol–water partition coefficient (Wildman–Crippen LogP) is 3.14. The number of anilines is 2. The van der Waals surface area contributed by atoms with E-state index >= 15 is 0 Å². The van der Waals surface area contributed by atoms with E-state index in [2.05, 4.69) is 43.9 Å². The average Bonchev–Trinajstić information content (AvgIpc) is 2.98. The summed E-state index contributed by atoms with van der Waals surface area (Å²) in [5.74, 6) is 2.46.